The number of carbonyl (C=O) groups is 1. The Hall–Kier alpha value is -0.860. The van der Waals surface area contributed by atoms with Gasteiger partial charge in [-0.3, -0.25) is 9.79 Å². The van der Waals surface area contributed by atoms with Gasteiger partial charge in [0.15, 0.2) is 0 Å². The Morgan fingerprint density at radius 2 is 1.93 bits per heavy atom. The molecule has 0 aromatic carbocycles. The molecule has 1 amide bonds. The second-order valence-electron chi connectivity index (χ2n) is 4.35. The van der Waals surface area contributed by atoms with Crippen molar-refractivity contribution in [3.05, 3.63) is 0 Å². The van der Waals surface area contributed by atoms with Gasteiger partial charge in [0.1, 0.15) is 0 Å². The molecule has 3 nitrogen and oxygen atoms in total. The molecule has 0 saturated heterocycles. The maximum Gasteiger partial charge on any atom is 0.265 e. The summed E-state index contributed by atoms with van der Waals surface area (Å²) < 4.78 is 0. The molecule has 2 aliphatic rings. The smallest absolute Gasteiger partial charge is 0.265 e. The predicted molar refractivity (Wildman–Crippen MR) is 56.5 cm³/mol. The van der Waals surface area contributed by atoms with E-state index in [0.717, 1.165) is 12.8 Å². The topological polar surface area (TPSA) is 41.5 Å². The summed E-state index contributed by atoms with van der Waals surface area (Å²) in [5.41, 5.74) is 0.659. The van der Waals surface area contributed by atoms with Crippen molar-refractivity contribution in [3.8, 4) is 0 Å². The van der Waals surface area contributed by atoms with Crippen LogP contribution in [0.25, 0.3) is 0 Å². The summed E-state index contributed by atoms with van der Waals surface area (Å²) >= 11 is 0. The van der Waals surface area contributed by atoms with Gasteiger partial charge in [-0.15, -0.1) is 0 Å². The van der Waals surface area contributed by atoms with Gasteiger partial charge in [0.25, 0.3) is 5.91 Å². The first-order valence-corrected chi connectivity index (χ1v) is 5.62. The van der Waals surface area contributed by atoms with E-state index in [4.69, 9.17) is 0 Å². The molecular formula is C11H18N2O. The van der Waals surface area contributed by atoms with Crippen molar-refractivity contribution in [1.82, 2.24) is 5.32 Å². The SMILES string of the molecule is CC1=NC2CCCCCCC2NC1=O. The van der Waals surface area contributed by atoms with Gasteiger partial charge in [-0.2, -0.15) is 0 Å². The Kier molecular flexibility index (Phi) is 2.85. The van der Waals surface area contributed by atoms with Gasteiger partial charge < -0.3 is 5.32 Å². The third kappa shape index (κ3) is 1.97. The lowest BCUT2D eigenvalue weighted by Crippen LogP contribution is -2.49. The van der Waals surface area contributed by atoms with Crippen molar-refractivity contribution in [2.75, 3.05) is 0 Å². The molecule has 1 aliphatic carbocycles. The summed E-state index contributed by atoms with van der Waals surface area (Å²) in [5, 5.41) is 3.07. The fraction of sp³-hybridized carbons (Fsp3) is 0.818. The van der Waals surface area contributed by atoms with E-state index in [2.05, 4.69) is 10.3 Å². The van der Waals surface area contributed by atoms with Gasteiger partial charge in [-0.1, -0.05) is 25.7 Å². The minimum Gasteiger partial charge on any atom is -0.346 e. The van der Waals surface area contributed by atoms with Gasteiger partial charge >= 0.3 is 0 Å². The van der Waals surface area contributed by atoms with Crippen LogP contribution in [-0.4, -0.2) is 23.7 Å². The lowest BCUT2D eigenvalue weighted by atomic mass is 9.91. The third-order valence-electron chi connectivity index (χ3n) is 3.23. The van der Waals surface area contributed by atoms with Crippen LogP contribution in [0.1, 0.15) is 45.4 Å². The number of rotatable bonds is 0. The Balaban J connectivity index is 2.10. The lowest BCUT2D eigenvalue weighted by Gasteiger charge is -2.31. The lowest BCUT2D eigenvalue weighted by molar-refractivity contribution is -0.116. The van der Waals surface area contributed by atoms with Crippen molar-refractivity contribution in [2.24, 2.45) is 4.99 Å². The molecular weight excluding hydrogens is 176 g/mol. The van der Waals surface area contributed by atoms with Crippen LogP contribution >= 0.6 is 0 Å². The molecule has 0 spiro atoms. The average molecular weight is 194 g/mol. The molecule has 1 N–H and O–H groups in total. The molecule has 1 heterocycles. The van der Waals surface area contributed by atoms with E-state index in [9.17, 15) is 4.79 Å². The summed E-state index contributed by atoms with van der Waals surface area (Å²) in [6, 6.07) is 0.666. The van der Waals surface area contributed by atoms with Gasteiger partial charge in [0, 0.05) is 0 Å². The molecule has 0 radical (unpaired) electrons. The molecule has 1 fully saturated rings. The molecule has 78 valence electrons. The monoisotopic (exact) mass is 194 g/mol. The molecule has 2 rings (SSSR count). The van der Waals surface area contributed by atoms with E-state index in [1.807, 2.05) is 6.92 Å². The summed E-state index contributed by atoms with van der Waals surface area (Å²) in [7, 11) is 0. The zero-order valence-electron chi connectivity index (χ0n) is 8.75. The third-order valence-corrected chi connectivity index (χ3v) is 3.23. The number of nitrogens with zero attached hydrogens (tertiary/aromatic N) is 1. The normalized spacial score (nSPS) is 33.5. The Bertz CT molecular complexity index is 260. The maximum atomic E-state index is 11.4. The van der Waals surface area contributed by atoms with Crippen molar-refractivity contribution >= 4 is 11.6 Å². The first-order chi connectivity index (χ1) is 6.77. The minimum atomic E-state index is 0.0341. The average Bonchev–Trinajstić information content (AvgIpc) is 2.13. The highest BCUT2D eigenvalue weighted by Gasteiger charge is 2.28. The number of hydrogen-bond acceptors (Lipinski definition) is 2. The van der Waals surface area contributed by atoms with Gasteiger partial charge in [-0.05, 0) is 19.8 Å². The highest BCUT2D eigenvalue weighted by atomic mass is 16.2. The minimum absolute atomic E-state index is 0.0341. The van der Waals surface area contributed by atoms with E-state index in [0.29, 0.717) is 17.8 Å². The Labute approximate surface area is 85.0 Å². The fourth-order valence-electron chi connectivity index (χ4n) is 2.37. The van der Waals surface area contributed by atoms with Gasteiger partial charge in [0.2, 0.25) is 0 Å². The number of fused-ring (bicyclic) bond motifs is 1. The summed E-state index contributed by atoms with van der Waals surface area (Å²) in [4.78, 5) is 15.9. The largest absolute Gasteiger partial charge is 0.346 e. The van der Waals surface area contributed by atoms with E-state index in [-0.39, 0.29) is 5.91 Å². The molecule has 0 aromatic heterocycles. The molecule has 2 unspecified atom stereocenters. The van der Waals surface area contributed by atoms with E-state index >= 15 is 0 Å². The molecule has 1 aliphatic heterocycles. The summed E-state index contributed by atoms with van der Waals surface area (Å²) in [5.74, 6) is 0.0341. The summed E-state index contributed by atoms with van der Waals surface area (Å²) in [6.07, 6.45) is 7.37. The van der Waals surface area contributed by atoms with Crippen LogP contribution in [0.15, 0.2) is 4.99 Å². The Morgan fingerprint density at radius 3 is 2.71 bits per heavy atom. The number of aliphatic imine (C=N–C) groups is 1. The standard InChI is InChI=1S/C11H18N2O/c1-8-11(14)13-10-7-5-3-2-4-6-9(10)12-8/h9-10H,2-7H2,1H3,(H,13,14). The molecule has 0 aromatic rings. The number of nitrogens with one attached hydrogen (secondary N) is 1. The number of hydrogen-bond donors (Lipinski definition) is 1. The summed E-state index contributed by atoms with van der Waals surface area (Å²) in [6.45, 7) is 1.81. The number of carbonyl (C=O) groups excluding carboxylic acids is 1. The van der Waals surface area contributed by atoms with Crippen molar-refractivity contribution in [1.29, 1.82) is 0 Å². The highest BCUT2D eigenvalue weighted by molar-refractivity contribution is 6.38. The zero-order chi connectivity index (χ0) is 9.97. The van der Waals surface area contributed by atoms with Crippen molar-refractivity contribution in [2.45, 2.75) is 57.5 Å². The Morgan fingerprint density at radius 1 is 1.21 bits per heavy atom. The first-order valence-electron chi connectivity index (χ1n) is 5.62. The van der Waals surface area contributed by atoms with E-state index in [1.54, 1.807) is 0 Å². The fourth-order valence-corrected chi connectivity index (χ4v) is 2.37. The van der Waals surface area contributed by atoms with Crippen LogP contribution < -0.4 is 5.32 Å². The molecule has 0 bridgehead atoms. The van der Waals surface area contributed by atoms with E-state index in [1.165, 1.54) is 25.7 Å². The van der Waals surface area contributed by atoms with E-state index < -0.39 is 0 Å². The quantitative estimate of drug-likeness (QED) is 0.626. The van der Waals surface area contributed by atoms with Crippen LogP contribution in [0, 0.1) is 0 Å². The van der Waals surface area contributed by atoms with Crippen molar-refractivity contribution < 1.29 is 4.79 Å². The van der Waals surface area contributed by atoms with Crippen LogP contribution in [0.3, 0.4) is 0 Å². The zero-order valence-corrected chi connectivity index (χ0v) is 8.75. The van der Waals surface area contributed by atoms with Crippen molar-refractivity contribution in [3.63, 3.8) is 0 Å². The van der Waals surface area contributed by atoms with Crippen LogP contribution in [-0.2, 0) is 4.79 Å². The highest BCUT2D eigenvalue weighted by Crippen LogP contribution is 2.22. The molecule has 1 saturated carbocycles. The van der Waals surface area contributed by atoms with Gasteiger partial charge in [-0.25, -0.2) is 0 Å². The first kappa shape index (κ1) is 9.69. The van der Waals surface area contributed by atoms with Crippen LogP contribution in [0.5, 0.6) is 0 Å². The maximum absolute atomic E-state index is 11.4. The van der Waals surface area contributed by atoms with Crippen LogP contribution in [0.2, 0.25) is 0 Å². The molecule has 14 heavy (non-hydrogen) atoms. The number of amides is 1. The van der Waals surface area contributed by atoms with Gasteiger partial charge in [0.05, 0.1) is 17.8 Å². The molecule has 2 atom stereocenters. The second kappa shape index (κ2) is 4.11. The molecule has 3 heteroatoms. The van der Waals surface area contributed by atoms with Crippen LogP contribution in [0.4, 0.5) is 0 Å². The predicted octanol–water partition coefficient (Wildman–Crippen LogP) is 1.67. The second-order valence-corrected chi connectivity index (χ2v) is 4.35.